The van der Waals surface area contributed by atoms with Crippen LogP contribution in [0.2, 0.25) is 0 Å². The first-order chi connectivity index (χ1) is 12.7. The van der Waals surface area contributed by atoms with Gasteiger partial charge in [-0.1, -0.05) is 117 Å². The van der Waals surface area contributed by atoms with Gasteiger partial charge in [-0.15, -0.1) is 0 Å². The minimum absolute atomic E-state index is 0.212. The fraction of sp³-hybridized carbons (Fsp3) is 0.957. The lowest BCUT2D eigenvalue weighted by molar-refractivity contribution is -0.145. The molecular formula is C23H47NO2. The molecule has 26 heavy (non-hydrogen) atoms. The van der Waals surface area contributed by atoms with Crippen LogP contribution in [0.3, 0.4) is 0 Å². The smallest absolute Gasteiger partial charge is 0.322 e. The van der Waals surface area contributed by atoms with Gasteiger partial charge in [-0.05, 0) is 12.8 Å². The van der Waals surface area contributed by atoms with Crippen molar-refractivity contribution in [3.63, 3.8) is 0 Å². The molecule has 2 N–H and O–H groups in total. The number of carbonyl (C=O) groups is 1. The molecule has 1 unspecified atom stereocenters. The summed E-state index contributed by atoms with van der Waals surface area (Å²) in [7, 11) is 0. The molecule has 3 nitrogen and oxygen atoms in total. The van der Waals surface area contributed by atoms with E-state index >= 15 is 0 Å². The van der Waals surface area contributed by atoms with Gasteiger partial charge in [0.1, 0.15) is 6.04 Å². The van der Waals surface area contributed by atoms with Crippen molar-refractivity contribution >= 4 is 5.97 Å². The van der Waals surface area contributed by atoms with Crippen LogP contribution in [0.5, 0.6) is 0 Å². The number of ether oxygens (including phenoxy) is 1. The van der Waals surface area contributed by atoms with Gasteiger partial charge in [0.15, 0.2) is 0 Å². The first kappa shape index (κ1) is 25.4. The lowest BCUT2D eigenvalue weighted by Crippen LogP contribution is -2.32. The molecule has 0 aliphatic carbocycles. The zero-order valence-corrected chi connectivity index (χ0v) is 17.9. The molecule has 0 aromatic rings. The van der Waals surface area contributed by atoms with Gasteiger partial charge < -0.3 is 10.5 Å². The third-order valence-corrected chi connectivity index (χ3v) is 5.16. The van der Waals surface area contributed by atoms with Crippen LogP contribution in [0.4, 0.5) is 0 Å². The van der Waals surface area contributed by atoms with E-state index in [1.165, 1.54) is 77.0 Å². The molecule has 0 aliphatic rings. The highest BCUT2D eigenvalue weighted by atomic mass is 16.5. The Morgan fingerprint density at radius 1 is 0.654 bits per heavy atom. The molecule has 156 valence electrons. The van der Waals surface area contributed by atoms with E-state index in [4.69, 9.17) is 10.5 Å². The Bertz CT molecular complexity index is 294. The molecular weight excluding hydrogens is 322 g/mol. The van der Waals surface area contributed by atoms with Gasteiger partial charge in [0.2, 0.25) is 0 Å². The van der Waals surface area contributed by atoms with Crippen LogP contribution >= 0.6 is 0 Å². The Balaban J connectivity index is 3.20. The highest BCUT2D eigenvalue weighted by molar-refractivity contribution is 5.75. The van der Waals surface area contributed by atoms with E-state index < -0.39 is 6.04 Å². The zero-order valence-electron chi connectivity index (χ0n) is 17.9. The maximum Gasteiger partial charge on any atom is 0.322 e. The maximum atomic E-state index is 11.7. The van der Waals surface area contributed by atoms with Gasteiger partial charge >= 0.3 is 5.97 Å². The first-order valence-corrected chi connectivity index (χ1v) is 11.6. The van der Waals surface area contributed by atoms with Crippen molar-refractivity contribution in [3.8, 4) is 0 Å². The van der Waals surface area contributed by atoms with E-state index in [0.717, 1.165) is 38.5 Å². The predicted molar refractivity (Wildman–Crippen MR) is 113 cm³/mol. The van der Waals surface area contributed by atoms with Crippen molar-refractivity contribution in [1.82, 2.24) is 0 Å². The Labute approximate surface area is 163 Å². The first-order valence-electron chi connectivity index (χ1n) is 11.6. The number of hydrogen-bond acceptors (Lipinski definition) is 3. The van der Waals surface area contributed by atoms with Crippen molar-refractivity contribution in [3.05, 3.63) is 0 Å². The average Bonchev–Trinajstić information content (AvgIpc) is 2.64. The summed E-state index contributed by atoms with van der Waals surface area (Å²) < 4.78 is 5.28. The average molecular weight is 370 g/mol. The fourth-order valence-electron chi connectivity index (χ4n) is 3.31. The zero-order chi connectivity index (χ0) is 19.3. The Morgan fingerprint density at radius 2 is 1.04 bits per heavy atom. The molecule has 0 saturated heterocycles. The molecule has 0 amide bonds. The summed E-state index contributed by atoms with van der Waals surface area (Å²) in [6.45, 7) is 4.97. The molecule has 1 atom stereocenters. The molecule has 0 bridgehead atoms. The van der Waals surface area contributed by atoms with E-state index in [9.17, 15) is 4.79 Å². The second-order valence-corrected chi connectivity index (χ2v) is 7.87. The Morgan fingerprint density at radius 3 is 1.50 bits per heavy atom. The Kier molecular flexibility index (Phi) is 20.3. The molecule has 0 aromatic heterocycles. The van der Waals surface area contributed by atoms with Crippen LogP contribution in [0, 0.1) is 0 Å². The van der Waals surface area contributed by atoms with Crippen LogP contribution in [-0.4, -0.2) is 18.6 Å². The Hall–Kier alpha value is -0.570. The summed E-state index contributed by atoms with van der Waals surface area (Å²) in [5.41, 5.74) is 5.84. The quantitative estimate of drug-likeness (QED) is 0.187. The van der Waals surface area contributed by atoms with Crippen molar-refractivity contribution in [2.24, 2.45) is 5.73 Å². The molecule has 0 saturated carbocycles. The largest absolute Gasteiger partial charge is 0.465 e. The van der Waals surface area contributed by atoms with Gasteiger partial charge in [-0.2, -0.15) is 0 Å². The predicted octanol–water partition coefficient (Wildman–Crippen LogP) is 6.92. The summed E-state index contributed by atoms with van der Waals surface area (Å²) in [5.74, 6) is -0.212. The van der Waals surface area contributed by atoms with E-state index in [0.29, 0.717) is 6.61 Å². The number of nitrogens with two attached hydrogens (primary N) is 1. The van der Waals surface area contributed by atoms with Crippen molar-refractivity contribution in [2.75, 3.05) is 6.61 Å². The SMILES string of the molecule is CCCCCCCCCCCCCCCCOC(=O)C(N)CCCCC. The van der Waals surface area contributed by atoms with Gasteiger partial charge in [-0.3, -0.25) is 4.79 Å². The number of unbranched alkanes of at least 4 members (excludes halogenated alkanes) is 15. The van der Waals surface area contributed by atoms with Crippen molar-refractivity contribution in [2.45, 2.75) is 135 Å². The lowest BCUT2D eigenvalue weighted by atomic mass is 10.0. The molecule has 0 heterocycles. The van der Waals surface area contributed by atoms with Gasteiger partial charge in [0.25, 0.3) is 0 Å². The van der Waals surface area contributed by atoms with Crippen LogP contribution < -0.4 is 5.73 Å². The summed E-state index contributed by atoms with van der Waals surface area (Å²) in [6, 6.07) is -0.423. The van der Waals surface area contributed by atoms with Gasteiger partial charge in [0.05, 0.1) is 6.61 Å². The molecule has 0 rings (SSSR count). The molecule has 0 fully saturated rings. The van der Waals surface area contributed by atoms with Crippen LogP contribution in [0.1, 0.15) is 129 Å². The summed E-state index contributed by atoms with van der Waals surface area (Å²) in [5, 5.41) is 0. The molecule has 3 heteroatoms. The second kappa shape index (κ2) is 20.7. The standard InChI is InChI=1S/C23H47NO2/c1-3-5-7-8-9-10-11-12-13-14-15-16-17-19-21-26-23(25)22(24)20-18-6-4-2/h22H,3-21,24H2,1-2H3. The molecule has 0 radical (unpaired) electrons. The minimum Gasteiger partial charge on any atom is -0.465 e. The third kappa shape index (κ3) is 18.2. The van der Waals surface area contributed by atoms with E-state index in [1.54, 1.807) is 0 Å². The van der Waals surface area contributed by atoms with Crippen LogP contribution in [0.15, 0.2) is 0 Å². The monoisotopic (exact) mass is 369 g/mol. The summed E-state index contributed by atoms with van der Waals surface area (Å²) in [4.78, 5) is 11.7. The molecule has 0 aliphatic heterocycles. The molecule has 0 spiro atoms. The minimum atomic E-state index is -0.423. The number of carbonyl (C=O) groups excluding carboxylic acids is 1. The van der Waals surface area contributed by atoms with Crippen LogP contribution in [-0.2, 0) is 9.53 Å². The highest BCUT2D eigenvalue weighted by Gasteiger charge is 2.13. The van der Waals surface area contributed by atoms with Crippen molar-refractivity contribution in [1.29, 1.82) is 0 Å². The highest BCUT2D eigenvalue weighted by Crippen LogP contribution is 2.13. The summed E-state index contributed by atoms with van der Waals surface area (Å²) >= 11 is 0. The fourth-order valence-corrected chi connectivity index (χ4v) is 3.31. The van der Waals surface area contributed by atoms with Gasteiger partial charge in [-0.25, -0.2) is 0 Å². The molecule has 0 aromatic carbocycles. The maximum absolute atomic E-state index is 11.7. The number of rotatable bonds is 20. The van der Waals surface area contributed by atoms with E-state index in [2.05, 4.69) is 13.8 Å². The normalized spacial score (nSPS) is 12.3. The topological polar surface area (TPSA) is 52.3 Å². The third-order valence-electron chi connectivity index (χ3n) is 5.16. The van der Waals surface area contributed by atoms with Gasteiger partial charge in [0, 0.05) is 0 Å². The summed E-state index contributed by atoms with van der Waals surface area (Å²) in [6.07, 6.45) is 22.8. The number of esters is 1. The van der Waals surface area contributed by atoms with Crippen molar-refractivity contribution < 1.29 is 9.53 Å². The number of hydrogen-bond donors (Lipinski definition) is 1. The van der Waals surface area contributed by atoms with Crippen LogP contribution in [0.25, 0.3) is 0 Å². The van der Waals surface area contributed by atoms with E-state index in [1.807, 2.05) is 0 Å². The lowest BCUT2D eigenvalue weighted by Gasteiger charge is -2.11. The second-order valence-electron chi connectivity index (χ2n) is 7.87. The van der Waals surface area contributed by atoms with E-state index in [-0.39, 0.29) is 5.97 Å².